The maximum atomic E-state index is 12.8. The molecule has 0 saturated carbocycles. The van der Waals surface area contributed by atoms with Crippen LogP contribution in [0.5, 0.6) is 5.88 Å². The fourth-order valence-corrected chi connectivity index (χ4v) is 1.26. The molecule has 0 fully saturated rings. The number of anilines is 1. The predicted molar refractivity (Wildman–Crippen MR) is 61.6 cm³/mol. The standard InChI is InChI=1S/C11H15F4N3O/c1-3-4-7-17-8(16)6(2)9(18-7)19-5-11(14,15)10(12)13/h10H,3-5H2,1-2H3,(H2,16,17,18). The van der Waals surface area contributed by atoms with Crippen molar-refractivity contribution in [3.8, 4) is 5.88 Å². The van der Waals surface area contributed by atoms with E-state index in [2.05, 4.69) is 14.7 Å². The number of aromatic nitrogens is 2. The van der Waals surface area contributed by atoms with Gasteiger partial charge in [0.2, 0.25) is 5.88 Å². The van der Waals surface area contributed by atoms with Gasteiger partial charge in [-0.25, -0.2) is 13.8 Å². The lowest BCUT2D eigenvalue weighted by atomic mass is 10.3. The van der Waals surface area contributed by atoms with Gasteiger partial charge >= 0.3 is 12.3 Å². The van der Waals surface area contributed by atoms with Gasteiger partial charge in [-0.3, -0.25) is 0 Å². The third-order valence-electron chi connectivity index (χ3n) is 2.38. The highest BCUT2D eigenvalue weighted by atomic mass is 19.3. The summed E-state index contributed by atoms with van der Waals surface area (Å²) < 4.78 is 54.2. The lowest BCUT2D eigenvalue weighted by molar-refractivity contribution is -0.148. The van der Waals surface area contributed by atoms with Crippen LogP contribution in [0.15, 0.2) is 0 Å². The molecule has 0 radical (unpaired) electrons. The van der Waals surface area contributed by atoms with E-state index in [0.717, 1.165) is 6.42 Å². The van der Waals surface area contributed by atoms with Gasteiger partial charge in [-0.2, -0.15) is 13.8 Å². The predicted octanol–water partition coefficient (Wildman–Crippen LogP) is 2.60. The Morgan fingerprint density at radius 2 is 1.95 bits per heavy atom. The molecule has 1 rings (SSSR count). The molecule has 1 aromatic heterocycles. The fourth-order valence-electron chi connectivity index (χ4n) is 1.26. The van der Waals surface area contributed by atoms with E-state index in [-0.39, 0.29) is 17.3 Å². The van der Waals surface area contributed by atoms with Gasteiger partial charge in [0.25, 0.3) is 0 Å². The van der Waals surface area contributed by atoms with Crippen LogP contribution in [0.3, 0.4) is 0 Å². The highest BCUT2D eigenvalue weighted by molar-refractivity contribution is 5.44. The molecule has 8 heteroatoms. The zero-order chi connectivity index (χ0) is 14.6. The molecular weight excluding hydrogens is 266 g/mol. The van der Waals surface area contributed by atoms with E-state index in [1.54, 1.807) is 0 Å². The van der Waals surface area contributed by atoms with E-state index in [9.17, 15) is 17.6 Å². The van der Waals surface area contributed by atoms with Crippen molar-refractivity contribution in [2.45, 2.75) is 39.0 Å². The maximum Gasteiger partial charge on any atom is 0.340 e. The van der Waals surface area contributed by atoms with Crippen molar-refractivity contribution in [1.29, 1.82) is 0 Å². The molecule has 0 saturated heterocycles. The van der Waals surface area contributed by atoms with Gasteiger partial charge in [-0.05, 0) is 13.3 Å². The average molecular weight is 281 g/mol. The van der Waals surface area contributed by atoms with Crippen LogP contribution in [0.2, 0.25) is 0 Å². The van der Waals surface area contributed by atoms with Crippen LogP contribution in [-0.2, 0) is 6.42 Å². The number of aryl methyl sites for hydroxylation is 1. The topological polar surface area (TPSA) is 61.0 Å². The van der Waals surface area contributed by atoms with Crippen molar-refractivity contribution in [2.75, 3.05) is 12.3 Å². The second-order valence-electron chi connectivity index (χ2n) is 4.06. The normalized spacial score (nSPS) is 11.9. The smallest absolute Gasteiger partial charge is 0.340 e. The Balaban J connectivity index is 2.88. The van der Waals surface area contributed by atoms with Crippen molar-refractivity contribution < 1.29 is 22.3 Å². The molecule has 0 aliphatic carbocycles. The average Bonchev–Trinajstić information content (AvgIpc) is 2.32. The Labute approximate surface area is 108 Å². The van der Waals surface area contributed by atoms with E-state index in [1.807, 2.05) is 6.92 Å². The summed E-state index contributed by atoms with van der Waals surface area (Å²) in [5.41, 5.74) is 5.84. The Bertz CT molecular complexity index is 440. The largest absolute Gasteiger partial charge is 0.471 e. The van der Waals surface area contributed by atoms with E-state index < -0.39 is 19.0 Å². The van der Waals surface area contributed by atoms with Crippen LogP contribution in [0.1, 0.15) is 24.7 Å². The zero-order valence-electron chi connectivity index (χ0n) is 10.6. The van der Waals surface area contributed by atoms with E-state index in [0.29, 0.717) is 12.2 Å². The molecule has 4 nitrogen and oxygen atoms in total. The minimum atomic E-state index is -4.23. The van der Waals surface area contributed by atoms with Gasteiger partial charge in [-0.15, -0.1) is 0 Å². The molecule has 2 N–H and O–H groups in total. The summed E-state index contributed by atoms with van der Waals surface area (Å²) in [5.74, 6) is -3.98. The number of hydrogen-bond donors (Lipinski definition) is 1. The number of rotatable bonds is 6. The number of alkyl halides is 4. The molecule has 0 atom stereocenters. The highest BCUT2D eigenvalue weighted by Gasteiger charge is 2.42. The number of halogens is 4. The minimum absolute atomic E-state index is 0.0915. The van der Waals surface area contributed by atoms with Crippen molar-refractivity contribution in [1.82, 2.24) is 9.97 Å². The highest BCUT2D eigenvalue weighted by Crippen LogP contribution is 2.26. The van der Waals surface area contributed by atoms with Gasteiger partial charge in [0.1, 0.15) is 11.6 Å². The van der Waals surface area contributed by atoms with Crippen LogP contribution in [0.25, 0.3) is 0 Å². The molecule has 0 aliphatic rings. The second kappa shape index (κ2) is 6.03. The summed E-state index contributed by atoms with van der Waals surface area (Å²) in [5, 5.41) is 0. The Morgan fingerprint density at radius 1 is 1.32 bits per heavy atom. The van der Waals surface area contributed by atoms with E-state index in [4.69, 9.17) is 5.73 Å². The number of nitrogens with zero attached hydrogens (tertiary/aromatic N) is 2. The van der Waals surface area contributed by atoms with Gasteiger partial charge < -0.3 is 10.5 Å². The molecule has 0 unspecified atom stereocenters. The van der Waals surface area contributed by atoms with E-state index >= 15 is 0 Å². The van der Waals surface area contributed by atoms with Crippen molar-refractivity contribution in [3.05, 3.63) is 11.4 Å². The first-order valence-corrected chi connectivity index (χ1v) is 5.69. The number of nitrogen functional groups attached to an aromatic ring is 1. The molecule has 0 aromatic carbocycles. The second-order valence-corrected chi connectivity index (χ2v) is 4.06. The third kappa shape index (κ3) is 3.93. The van der Waals surface area contributed by atoms with Gasteiger partial charge in [-0.1, -0.05) is 6.92 Å². The first kappa shape index (κ1) is 15.5. The van der Waals surface area contributed by atoms with Crippen LogP contribution in [0, 0.1) is 6.92 Å². The minimum Gasteiger partial charge on any atom is -0.471 e. The first-order chi connectivity index (χ1) is 8.77. The monoisotopic (exact) mass is 281 g/mol. The molecule has 0 bridgehead atoms. The van der Waals surface area contributed by atoms with E-state index in [1.165, 1.54) is 6.92 Å². The van der Waals surface area contributed by atoms with Crippen LogP contribution < -0.4 is 10.5 Å². The summed E-state index contributed by atoms with van der Waals surface area (Å²) >= 11 is 0. The molecule has 1 heterocycles. The summed E-state index contributed by atoms with van der Waals surface area (Å²) in [7, 11) is 0. The molecule has 19 heavy (non-hydrogen) atoms. The van der Waals surface area contributed by atoms with Crippen molar-refractivity contribution in [2.24, 2.45) is 0 Å². The quantitative estimate of drug-likeness (QED) is 0.814. The molecule has 1 aromatic rings. The van der Waals surface area contributed by atoms with Crippen LogP contribution in [-0.4, -0.2) is 28.9 Å². The Kier molecular flexibility index (Phi) is 4.90. The van der Waals surface area contributed by atoms with Crippen molar-refractivity contribution >= 4 is 5.82 Å². The summed E-state index contributed by atoms with van der Waals surface area (Å²) in [6.45, 7) is 1.90. The SMILES string of the molecule is CCCc1nc(N)c(C)c(OCC(F)(F)C(F)F)n1. The van der Waals surface area contributed by atoms with Gasteiger partial charge in [0, 0.05) is 6.42 Å². The first-order valence-electron chi connectivity index (χ1n) is 5.69. The molecule has 0 spiro atoms. The molecule has 0 aliphatic heterocycles. The molecule has 0 amide bonds. The Hall–Kier alpha value is -1.60. The zero-order valence-corrected chi connectivity index (χ0v) is 10.6. The molecular formula is C11H15F4N3O. The Morgan fingerprint density at radius 3 is 2.47 bits per heavy atom. The lowest BCUT2D eigenvalue weighted by Crippen LogP contribution is -2.34. The number of hydrogen-bond acceptors (Lipinski definition) is 4. The van der Waals surface area contributed by atoms with Crippen LogP contribution in [0.4, 0.5) is 23.4 Å². The number of nitrogens with two attached hydrogens (primary N) is 1. The van der Waals surface area contributed by atoms with Crippen LogP contribution >= 0.6 is 0 Å². The lowest BCUT2D eigenvalue weighted by Gasteiger charge is -2.17. The summed E-state index contributed by atoms with van der Waals surface area (Å²) in [6, 6.07) is 0. The summed E-state index contributed by atoms with van der Waals surface area (Å²) in [4.78, 5) is 7.85. The van der Waals surface area contributed by atoms with Crippen molar-refractivity contribution in [3.63, 3.8) is 0 Å². The summed E-state index contributed by atoms with van der Waals surface area (Å²) in [6.07, 6.45) is -2.57. The van der Waals surface area contributed by atoms with Gasteiger partial charge in [0.15, 0.2) is 6.61 Å². The van der Waals surface area contributed by atoms with Gasteiger partial charge in [0.05, 0.1) is 5.56 Å². The fraction of sp³-hybridized carbons (Fsp3) is 0.636. The number of ether oxygens (including phenoxy) is 1. The maximum absolute atomic E-state index is 12.8. The third-order valence-corrected chi connectivity index (χ3v) is 2.38. The molecule has 108 valence electrons.